The highest BCUT2D eigenvalue weighted by molar-refractivity contribution is 7.86. The zero-order valence-electron chi connectivity index (χ0n) is 12.5. The first-order chi connectivity index (χ1) is 11.5. The Kier molecular flexibility index (Phi) is 4.86. The number of hydroxylamine groups is 1. The van der Waals surface area contributed by atoms with E-state index in [-0.39, 0.29) is 0 Å². The average Bonchev–Trinajstić information content (AvgIpc) is 3.03. The summed E-state index contributed by atoms with van der Waals surface area (Å²) in [6.45, 7) is 0. The molecule has 2 aromatic carbocycles. The molecule has 0 fully saturated rings. The summed E-state index contributed by atoms with van der Waals surface area (Å²) in [4.78, 5) is 12.6. The quantitative estimate of drug-likeness (QED) is 0.533. The van der Waals surface area contributed by atoms with Crippen molar-refractivity contribution in [2.75, 3.05) is 11.4 Å². The fraction of sp³-hybridized carbons (Fsp3) is 0.0625. The normalized spacial score (nSPS) is 12.1. The van der Waals surface area contributed by atoms with Crippen molar-refractivity contribution < 1.29 is 14.2 Å². The van der Waals surface area contributed by atoms with Crippen LogP contribution in [0.1, 0.15) is 9.67 Å². The molecule has 1 heterocycles. The number of benzene rings is 2. The van der Waals surface area contributed by atoms with Gasteiger partial charge in [0.2, 0.25) is 0 Å². The van der Waals surface area contributed by atoms with Crippen molar-refractivity contribution in [3.63, 3.8) is 0 Å². The summed E-state index contributed by atoms with van der Waals surface area (Å²) >= 11 is 7.13. The second-order valence-corrected chi connectivity index (χ2v) is 8.01. The highest BCUT2D eigenvalue weighted by Crippen LogP contribution is 2.30. The SMILES string of the molecule is CN(c1ccc2sc(C(=O)NO)cc2c1)S(=O)c1ccc(Cl)cc1. The third-order valence-electron chi connectivity index (χ3n) is 3.45. The first-order valence-electron chi connectivity index (χ1n) is 6.89. The van der Waals surface area contributed by atoms with Crippen molar-refractivity contribution in [2.45, 2.75) is 4.90 Å². The van der Waals surface area contributed by atoms with Gasteiger partial charge in [-0.25, -0.2) is 9.69 Å². The molecule has 1 aromatic heterocycles. The van der Waals surface area contributed by atoms with Gasteiger partial charge in [0.15, 0.2) is 11.0 Å². The summed E-state index contributed by atoms with van der Waals surface area (Å²) in [5.41, 5.74) is 2.38. The van der Waals surface area contributed by atoms with E-state index in [2.05, 4.69) is 0 Å². The van der Waals surface area contributed by atoms with Crippen LogP contribution in [0.4, 0.5) is 5.69 Å². The minimum atomic E-state index is -1.38. The molecule has 0 saturated carbocycles. The minimum Gasteiger partial charge on any atom is -0.291 e. The minimum absolute atomic E-state index is 0.408. The largest absolute Gasteiger partial charge is 0.291 e. The van der Waals surface area contributed by atoms with E-state index in [0.717, 1.165) is 15.8 Å². The predicted octanol–water partition coefficient (Wildman–Crippen LogP) is 3.83. The standard InChI is InChI=1S/C16H13ClN2O3S2/c1-19(24(22)13-5-2-11(17)3-6-13)12-4-7-14-10(8-12)9-15(23-14)16(20)18-21/h2-9,21H,1H3,(H,18,20). The Hall–Kier alpha value is -1.93. The smallest absolute Gasteiger partial charge is 0.284 e. The summed E-state index contributed by atoms with van der Waals surface area (Å²) in [6.07, 6.45) is 0. The van der Waals surface area contributed by atoms with Gasteiger partial charge in [0.1, 0.15) is 0 Å². The van der Waals surface area contributed by atoms with E-state index in [4.69, 9.17) is 16.8 Å². The van der Waals surface area contributed by atoms with Crippen molar-refractivity contribution in [1.29, 1.82) is 0 Å². The molecule has 0 bridgehead atoms. The number of halogens is 1. The molecule has 2 N–H and O–H groups in total. The number of thiophene rings is 1. The van der Waals surface area contributed by atoms with Gasteiger partial charge < -0.3 is 0 Å². The highest BCUT2D eigenvalue weighted by Gasteiger charge is 2.14. The van der Waals surface area contributed by atoms with Gasteiger partial charge >= 0.3 is 0 Å². The Bertz CT molecular complexity index is 925. The van der Waals surface area contributed by atoms with Crippen molar-refractivity contribution in [3.05, 3.63) is 58.4 Å². The van der Waals surface area contributed by atoms with E-state index in [1.807, 2.05) is 18.2 Å². The molecule has 0 aliphatic heterocycles. The zero-order valence-corrected chi connectivity index (χ0v) is 14.9. The van der Waals surface area contributed by atoms with Crippen LogP contribution in [0.15, 0.2) is 53.4 Å². The van der Waals surface area contributed by atoms with Crippen molar-refractivity contribution >= 4 is 55.6 Å². The molecule has 1 unspecified atom stereocenters. The maximum Gasteiger partial charge on any atom is 0.284 e. The number of carbonyl (C=O) groups excluding carboxylic acids is 1. The summed E-state index contributed by atoms with van der Waals surface area (Å²) < 4.78 is 15.2. The topological polar surface area (TPSA) is 69.6 Å². The van der Waals surface area contributed by atoms with Gasteiger partial charge in [-0.05, 0) is 53.9 Å². The van der Waals surface area contributed by atoms with E-state index < -0.39 is 16.9 Å². The lowest BCUT2D eigenvalue weighted by Crippen LogP contribution is -2.20. The van der Waals surface area contributed by atoms with Gasteiger partial charge in [0.05, 0.1) is 9.77 Å². The lowest BCUT2D eigenvalue weighted by atomic mass is 10.2. The van der Waals surface area contributed by atoms with Gasteiger partial charge in [-0.1, -0.05) is 11.6 Å². The molecule has 0 spiro atoms. The predicted molar refractivity (Wildman–Crippen MR) is 97.3 cm³/mol. The monoisotopic (exact) mass is 380 g/mol. The molecule has 8 heteroatoms. The van der Waals surface area contributed by atoms with Crippen LogP contribution >= 0.6 is 22.9 Å². The molecule has 3 rings (SSSR count). The molecule has 24 heavy (non-hydrogen) atoms. The van der Waals surface area contributed by atoms with Crippen LogP contribution in [-0.2, 0) is 11.0 Å². The second-order valence-electron chi connectivity index (χ2n) is 4.97. The van der Waals surface area contributed by atoms with Crippen LogP contribution in [0.2, 0.25) is 5.02 Å². The molecule has 1 amide bonds. The van der Waals surface area contributed by atoms with E-state index in [1.54, 1.807) is 47.2 Å². The van der Waals surface area contributed by atoms with Gasteiger partial charge in [-0.3, -0.25) is 14.3 Å². The number of fused-ring (bicyclic) bond motifs is 1. The van der Waals surface area contributed by atoms with Crippen molar-refractivity contribution in [1.82, 2.24) is 5.48 Å². The molecule has 0 radical (unpaired) electrons. The molecule has 5 nitrogen and oxygen atoms in total. The first kappa shape index (κ1) is 16.9. The number of hydrogen-bond acceptors (Lipinski definition) is 4. The molecular formula is C16H13ClN2O3S2. The molecule has 0 aliphatic carbocycles. The molecule has 124 valence electrons. The Balaban J connectivity index is 1.91. The van der Waals surface area contributed by atoms with Gasteiger partial charge in [-0.2, -0.15) is 0 Å². The number of hydrogen-bond donors (Lipinski definition) is 2. The second kappa shape index (κ2) is 6.90. The lowest BCUT2D eigenvalue weighted by molar-refractivity contribution is 0.0711. The van der Waals surface area contributed by atoms with E-state index in [0.29, 0.717) is 14.8 Å². The zero-order chi connectivity index (χ0) is 17.3. The molecule has 1 atom stereocenters. The summed E-state index contributed by atoms with van der Waals surface area (Å²) in [5.74, 6) is -0.546. The van der Waals surface area contributed by atoms with Gasteiger partial charge in [0.25, 0.3) is 5.91 Å². The number of amides is 1. The van der Waals surface area contributed by atoms with Crippen LogP contribution in [0.25, 0.3) is 10.1 Å². The molecular weight excluding hydrogens is 368 g/mol. The lowest BCUT2D eigenvalue weighted by Gasteiger charge is -2.18. The Morgan fingerprint density at radius 1 is 1.21 bits per heavy atom. The maximum absolute atomic E-state index is 12.7. The Morgan fingerprint density at radius 2 is 1.92 bits per heavy atom. The van der Waals surface area contributed by atoms with Gasteiger partial charge in [-0.15, -0.1) is 11.3 Å². The van der Waals surface area contributed by atoms with E-state index >= 15 is 0 Å². The van der Waals surface area contributed by atoms with E-state index in [9.17, 15) is 9.00 Å². The van der Waals surface area contributed by atoms with Crippen LogP contribution in [0, 0.1) is 0 Å². The summed E-state index contributed by atoms with van der Waals surface area (Å²) in [5, 5.41) is 10.2. The first-order valence-corrected chi connectivity index (χ1v) is 9.19. The van der Waals surface area contributed by atoms with Crippen molar-refractivity contribution in [2.24, 2.45) is 0 Å². The maximum atomic E-state index is 12.7. The third-order valence-corrected chi connectivity index (χ3v) is 6.20. The molecule has 3 aromatic rings. The van der Waals surface area contributed by atoms with Crippen LogP contribution in [0.3, 0.4) is 0 Å². The van der Waals surface area contributed by atoms with Crippen LogP contribution in [0.5, 0.6) is 0 Å². The number of rotatable bonds is 4. The Morgan fingerprint density at radius 3 is 2.58 bits per heavy atom. The summed E-state index contributed by atoms with van der Waals surface area (Å²) in [6, 6.07) is 14.1. The average molecular weight is 381 g/mol. The van der Waals surface area contributed by atoms with Crippen LogP contribution < -0.4 is 9.79 Å². The third kappa shape index (κ3) is 3.29. The summed E-state index contributed by atoms with van der Waals surface area (Å²) in [7, 11) is 0.361. The molecule has 0 aliphatic rings. The van der Waals surface area contributed by atoms with Crippen molar-refractivity contribution in [3.8, 4) is 0 Å². The Labute approximate surface area is 150 Å². The van der Waals surface area contributed by atoms with E-state index in [1.165, 1.54) is 11.3 Å². The number of nitrogens with zero attached hydrogens (tertiary/aromatic N) is 1. The highest BCUT2D eigenvalue weighted by atomic mass is 35.5. The number of nitrogens with one attached hydrogen (secondary N) is 1. The van der Waals surface area contributed by atoms with Gasteiger partial charge in [0, 0.05) is 22.5 Å². The number of carbonyl (C=O) groups is 1. The fourth-order valence-electron chi connectivity index (χ4n) is 2.20. The molecule has 0 saturated heterocycles. The van der Waals surface area contributed by atoms with Crippen LogP contribution in [-0.4, -0.2) is 22.4 Å². The number of anilines is 1. The fourth-order valence-corrected chi connectivity index (χ4v) is 4.25.